The molecule has 1 aliphatic rings. The number of piperazine rings is 1. The SMILES string of the molecule is COc1cccc(N2CCN(C(=O)C(C)(N)c3ccccc3)CC2)c1.Cl.Cl. The van der Waals surface area contributed by atoms with Crippen molar-refractivity contribution >= 4 is 36.4 Å². The molecule has 5 nitrogen and oxygen atoms in total. The Morgan fingerprint density at radius 1 is 1.00 bits per heavy atom. The van der Waals surface area contributed by atoms with E-state index in [4.69, 9.17) is 10.5 Å². The predicted octanol–water partition coefficient (Wildman–Crippen LogP) is 3.06. The monoisotopic (exact) mass is 411 g/mol. The van der Waals surface area contributed by atoms with Crippen LogP contribution in [0, 0.1) is 0 Å². The minimum Gasteiger partial charge on any atom is -0.497 e. The van der Waals surface area contributed by atoms with Gasteiger partial charge in [0.15, 0.2) is 0 Å². The molecule has 1 heterocycles. The van der Waals surface area contributed by atoms with E-state index in [1.807, 2.05) is 53.4 Å². The topological polar surface area (TPSA) is 58.8 Å². The first-order valence-electron chi connectivity index (χ1n) is 8.55. The van der Waals surface area contributed by atoms with Gasteiger partial charge in [-0.15, -0.1) is 24.8 Å². The third kappa shape index (κ3) is 5.06. The van der Waals surface area contributed by atoms with Gasteiger partial charge in [-0.1, -0.05) is 36.4 Å². The average Bonchev–Trinajstić information content (AvgIpc) is 2.68. The lowest BCUT2D eigenvalue weighted by atomic mass is 9.91. The van der Waals surface area contributed by atoms with E-state index in [0.717, 1.165) is 30.1 Å². The van der Waals surface area contributed by atoms with Crippen molar-refractivity contribution in [1.82, 2.24) is 4.90 Å². The number of halogens is 2. The maximum Gasteiger partial charge on any atom is 0.247 e. The molecule has 2 aromatic carbocycles. The van der Waals surface area contributed by atoms with E-state index in [1.54, 1.807) is 14.0 Å². The standard InChI is InChI=1S/C20H25N3O2.2ClH/c1-20(21,16-7-4-3-5-8-16)19(24)23-13-11-22(12-14-23)17-9-6-10-18(15-17)25-2;;/h3-10,15H,11-14,21H2,1-2H3;2*1H. The number of ether oxygens (including phenoxy) is 1. The summed E-state index contributed by atoms with van der Waals surface area (Å²) in [5, 5.41) is 0. The number of nitrogens with zero attached hydrogens (tertiary/aromatic N) is 2. The first-order chi connectivity index (χ1) is 12.0. The highest BCUT2D eigenvalue weighted by Gasteiger charge is 2.35. The summed E-state index contributed by atoms with van der Waals surface area (Å²) in [6, 6.07) is 17.6. The van der Waals surface area contributed by atoms with Crippen LogP contribution in [0.3, 0.4) is 0 Å². The molecule has 0 bridgehead atoms. The van der Waals surface area contributed by atoms with Gasteiger partial charge in [-0.2, -0.15) is 0 Å². The lowest BCUT2D eigenvalue weighted by Crippen LogP contribution is -2.56. The van der Waals surface area contributed by atoms with Crippen molar-refractivity contribution in [3.63, 3.8) is 0 Å². The van der Waals surface area contributed by atoms with E-state index in [-0.39, 0.29) is 30.7 Å². The molecule has 0 aliphatic carbocycles. The number of nitrogens with two attached hydrogens (primary N) is 1. The van der Waals surface area contributed by atoms with Gasteiger partial charge >= 0.3 is 0 Å². The van der Waals surface area contributed by atoms with Gasteiger partial charge in [0.1, 0.15) is 11.3 Å². The fraction of sp³-hybridized carbons (Fsp3) is 0.350. The Morgan fingerprint density at radius 3 is 2.22 bits per heavy atom. The van der Waals surface area contributed by atoms with Gasteiger partial charge in [0, 0.05) is 37.9 Å². The van der Waals surface area contributed by atoms with E-state index in [1.165, 1.54) is 0 Å². The third-order valence-electron chi connectivity index (χ3n) is 4.80. The summed E-state index contributed by atoms with van der Waals surface area (Å²) < 4.78 is 5.29. The smallest absolute Gasteiger partial charge is 0.247 e. The minimum atomic E-state index is -1.00. The molecule has 7 heteroatoms. The zero-order valence-corrected chi connectivity index (χ0v) is 17.3. The highest BCUT2D eigenvalue weighted by Crippen LogP contribution is 2.24. The molecule has 0 saturated carbocycles. The number of anilines is 1. The molecule has 1 amide bonds. The minimum absolute atomic E-state index is 0. The zero-order valence-electron chi connectivity index (χ0n) is 15.6. The van der Waals surface area contributed by atoms with Crippen LogP contribution in [0.15, 0.2) is 54.6 Å². The third-order valence-corrected chi connectivity index (χ3v) is 4.80. The molecule has 3 rings (SSSR count). The Balaban J connectivity index is 0.00000182. The van der Waals surface area contributed by atoms with Gasteiger partial charge in [-0.05, 0) is 24.6 Å². The fourth-order valence-electron chi connectivity index (χ4n) is 3.21. The summed E-state index contributed by atoms with van der Waals surface area (Å²) in [5.74, 6) is 0.818. The molecular formula is C20H27Cl2N3O2. The summed E-state index contributed by atoms with van der Waals surface area (Å²) in [7, 11) is 1.67. The van der Waals surface area contributed by atoms with Crippen LogP contribution in [-0.2, 0) is 10.3 Å². The van der Waals surface area contributed by atoms with Crippen molar-refractivity contribution in [3.05, 3.63) is 60.2 Å². The average molecular weight is 412 g/mol. The van der Waals surface area contributed by atoms with Crippen LogP contribution in [-0.4, -0.2) is 44.1 Å². The molecule has 0 radical (unpaired) electrons. The molecule has 0 spiro atoms. The van der Waals surface area contributed by atoms with Crippen molar-refractivity contribution in [3.8, 4) is 5.75 Å². The second-order valence-electron chi connectivity index (χ2n) is 6.55. The van der Waals surface area contributed by atoms with Crippen molar-refractivity contribution in [2.75, 3.05) is 38.2 Å². The molecule has 1 atom stereocenters. The number of amides is 1. The van der Waals surface area contributed by atoms with E-state index >= 15 is 0 Å². The van der Waals surface area contributed by atoms with Gasteiger partial charge in [-0.3, -0.25) is 4.79 Å². The zero-order chi connectivity index (χ0) is 17.9. The fourth-order valence-corrected chi connectivity index (χ4v) is 3.21. The van der Waals surface area contributed by atoms with Gasteiger partial charge in [-0.25, -0.2) is 0 Å². The Kier molecular flexibility index (Phi) is 8.41. The largest absolute Gasteiger partial charge is 0.497 e. The summed E-state index contributed by atoms with van der Waals surface area (Å²) in [4.78, 5) is 17.1. The maximum absolute atomic E-state index is 12.9. The Hall–Kier alpha value is -1.95. The molecule has 2 N–H and O–H groups in total. The van der Waals surface area contributed by atoms with Gasteiger partial charge in [0.25, 0.3) is 0 Å². The summed E-state index contributed by atoms with van der Waals surface area (Å²) in [6.07, 6.45) is 0. The number of methoxy groups -OCH3 is 1. The van der Waals surface area contributed by atoms with E-state index in [0.29, 0.717) is 13.1 Å². The molecular weight excluding hydrogens is 385 g/mol. The Morgan fingerprint density at radius 2 is 1.63 bits per heavy atom. The predicted molar refractivity (Wildman–Crippen MR) is 114 cm³/mol. The van der Waals surface area contributed by atoms with Crippen molar-refractivity contribution in [1.29, 1.82) is 0 Å². The maximum atomic E-state index is 12.9. The molecule has 1 saturated heterocycles. The summed E-state index contributed by atoms with van der Waals surface area (Å²) >= 11 is 0. The number of hydrogen-bond donors (Lipinski definition) is 1. The highest BCUT2D eigenvalue weighted by molar-refractivity contribution is 5.87. The quantitative estimate of drug-likeness (QED) is 0.839. The van der Waals surface area contributed by atoms with Crippen LogP contribution in [0.2, 0.25) is 0 Å². The Labute approximate surface area is 173 Å². The first kappa shape index (κ1) is 23.1. The second-order valence-corrected chi connectivity index (χ2v) is 6.55. The summed E-state index contributed by atoms with van der Waals surface area (Å²) in [6.45, 7) is 4.68. The highest BCUT2D eigenvalue weighted by atomic mass is 35.5. The number of rotatable bonds is 4. The second kappa shape index (κ2) is 9.83. The van der Waals surface area contributed by atoms with E-state index < -0.39 is 5.54 Å². The molecule has 1 aliphatic heterocycles. The van der Waals surface area contributed by atoms with Gasteiger partial charge in [0.2, 0.25) is 5.91 Å². The van der Waals surface area contributed by atoms with Crippen LogP contribution in [0.25, 0.3) is 0 Å². The van der Waals surface area contributed by atoms with Crippen LogP contribution in [0.5, 0.6) is 5.75 Å². The lowest BCUT2D eigenvalue weighted by Gasteiger charge is -2.39. The molecule has 2 aromatic rings. The van der Waals surface area contributed by atoms with E-state index in [9.17, 15) is 4.79 Å². The van der Waals surface area contributed by atoms with Crippen molar-refractivity contribution in [2.45, 2.75) is 12.5 Å². The van der Waals surface area contributed by atoms with Crippen molar-refractivity contribution in [2.24, 2.45) is 5.73 Å². The molecule has 1 unspecified atom stereocenters. The van der Waals surface area contributed by atoms with Gasteiger partial charge in [0.05, 0.1) is 7.11 Å². The molecule has 0 aromatic heterocycles. The van der Waals surface area contributed by atoms with Gasteiger partial charge < -0.3 is 20.3 Å². The Bertz CT molecular complexity index is 733. The number of benzene rings is 2. The molecule has 148 valence electrons. The van der Waals surface area contributed by atoms with Crippen molar-refractivity contribution < 1.29 is 9.53 Å². The number of carbonyl (C=O) groups is 1. The normalized spacial score (nSPS) is 15.8. The first-order valence-corrected chi connectivity index (χ1v) is 8.55. The number of carbonyl (C=O) groups excluding carboxylic acids is 1. The summed E-state index contributed by atoms with van der Waals surface area (Å²) in [5.41, 5.74) is 7.33. The van der Waals surface area contributed by atoms with E-state index in [2.05, 4.69) is 11.0 Å². The lowest BCUT2D eigenvalue weighted by molar-refractivity contribution is -0.137. The van der Waals surface area contributed by atoms with Crippen LogP contribution in [0.4, 0.5) is 5.69 Å². The van der Waals surface area contributed by atoms with Crippen LogP contribution < -0.4 is 15.4 Å². The molecule has 27 heavy (non-hydrogen) atoms. The molecule has 1 fully saturated rings. The van der Waals surface area contributed by atoms with Crippen LogP contribution >= 0.6 is 24.8 Å². The van der Waals surface area contributed by atoms with Crippen LogP contribution in [0.1, 0.15) is 12.5 Å². The number of hydrogen-bond acceptors (Lipinski definition) is 4.